The van der Waals surface area contributed by atoms with Crippen molar-refractivity contribution in [3.8, 4) is 17.2 Å². The van der Waals surface area contributed by atoms with Crippen LogP contribution >= 0.6 is 0 Å². The van der Waals surface area contributed by atoms with E-state index in [1.165, 1.54) is 5.56 Å². The molecular weight excluding hydrogens is 556 g/mol. The minimum absolute atomic E-state index is 0.268. The number of esters is 3. The van der Waals surface area contributed by atoms with Crippen LogP contribution in [0.2, 0.25) is 0 Å². The largest absolute Gasteiger partial charge is 0.497 e. The van der Waals surface area contributed by atoms with Crippen molar-refractivity contribution in [2.45, 2.75) is 63.7 Å². The highest BCUT2D eigenvalue weighted by Gasteiger charge is 2.12. The Morgan fingerprint density at radius 1 is 0.568 bits per heavy atom. The van der Waals surface area contributed by atoms with E-state index in [0.717, 1.165) is 51.4 Å². The van der Waals surface area contributed by atoms with Gasteiger partial charge in [-0.3, -0.25) is 4.79 Å². The lowest BCUT2D eigenvalue weighted by atomic mass is 10.00. The number of unbranched alkanes of at least 4 members (excludes halogenated alkanes) is 7. The minimum atomic E-state index is -0.497. The molecule has 7 heteroatoms. The zero-order chi connectivity index (χ0) is 31.0. The molecule has 0 aromatic heterocycles. The van der Waals surface area contributed by atoms with Crippen molar-refractivity contribution in [3.05, 3.63) is 114 Å². The summed E-state index contributed by atoms with van der Waals surface area (Å²) in [6, 6.07) is 20.7. The molecule has 0 aliphatic heterocycles. The molecule has 0 N–H and O–H groups in total. The molecule has 0 fully saturated rings. The van der Waals surface area contributed by atoms with Gasteiger partial charge in [-0.1, -0.05) is 75.0 Å². The molecule has 230 valence electrons. The lowest BCUT2D eigenvalue weighted by molar-refractivity contribution is -0.134. The second-order valence-corrected chi connectivity index (χ2v) is 10.7. The fourth-order valence-corrected chi connectivity index (χ4v) is 4.83. The molecule has 0 unspecified atom stereocenters. The maximum Gasteiger partial charge on any atom is 0.343 e. The van der Waals surface area contributed by atoms with E-state index >= 15 is 0 Å². The molecule has 1 aliphatic carbocycles. The molecule has 44 heavy (non-hydrogen) atoms. The van der Waals surface area contributed by atoms with Crippen molar-refractivity contribution in [1.82, 2.24) is 0 Å². The number of ether oxygens (including phenoxy) is 4. The first kappa shape index (κ1) is 32.3. The highest BCUT2D eigenvalue weighted by molar-refractivity contribution is 5.91. The van der Waals surface area contributed by atoms with E-state index in [1.54, 1.807) is 55.6 Å². The van der Waals surface area contributed by atoms with Crippen molar-refractivity contribution in [2.24, 2.45) is 0 Å². The smallest absolute Gasteiger partial charge is 0.343 e. The van der Waals surface area contributed by atoms with Crippen molar-refractivity contribution in [3.63, 3.8) is 0 Å². The van der Waals surface area contributed by atoms with Gasteiger partial charge >= 0.3 is 17.9 Å². The molecule has 0 heterocycles. The second-order valence-electron chi connectivity index (χ2n) is 10.7. The van der Waals surface area contributed by atoms with Crippen LogP contribution in [0.25, 0.3) is 0 Å². The first-order valence-electron chi connectivity index (χ1n) is 15.3. The molecular formula is C37H40O7. The van der Waals surface area contributed by atoms with Gasteiger partial charge in [-0.15, -0.1) is 0 Å². The van der Waals surface area contributed by atoms with Gasteiger partial charge in [0.1, 0.15) is 17.2 Å². The first-order valence-corrected chi connectivity index (χ1v) is 15.3. The SMILES string of the molecule is COc1ccc(OC(=O)c2ccc(OC(=O)CCCCCCCCCCOC(=O)c3ccc(C4C=CC=C4)cc3)cc2)cc1. The van der Waals surface area contributed by atoms with Crippen LogP contribution in [0.4, 0.5) is 0 Å². The lowest BCUT2D eigenvalue weighted by Crippen LogP contribution is -2.10. The highest BCUT2D eigenvalue weighted by Crippen LogP contribution is 2.23. The van der Waals surface area contributed by atoms with Crippen LogP contribution in [0.5, 0.6) is 17.2 Å². The topological polar surface area (TPSA) is 88.1 Å². The summed E-state index contributed by atoms with van der Waals surface area (Å²) in [6.45, 7) is 0.438. The highest BCUT2D eigenvalue weighted by atomic mass is 16.5. The van der Waals surface area contributed by atoms with Gasteiger partial charge in [0.05, 0.1) is 24.8 Å². The Bertz CT molecular complexity index is 1390. The quantitative estimate of drug-likeness (QED) is 0.0878. The number of rotatable bonds is 17. The summed E-state index contributed by atoms with van der Waals surface area (Å²) in [6.07, 6.45) is 16.7. The average molecular weight is 597 g/mol. The van der Waals surface area contributed by atoms with Gasteiger partial charge in [0.15, 0.2) is 0 Å². The molecule has 3 aromatic carbocycles. The normalized spacial score (nSPS) is 12.2. The van der Waals surface area contributed by atoms with Crippen molar-refractivity contribution < 1.29 is 33.3 Å². The predicted octanol–water partition coefficient (Wildman–Crippen LogP) is 8.40. The standard InChI is InChI=1S/C37H40O7/c1-41-32-23-25-34(26-24-32)44-37(40)31-19-21-33(22-20-31)43-35(38)14-8-6-4-2-3-5-7-11-27-42-36(39)30-17-15-29(16-18-30)28-12-9-10-13-28/h9-10,12-13,15-26,28H,2-8,11,14,27H2,1H3. The van der Waals surface area contributed by atoms with Crippen LogP contribution in [0.3, 0.4) is 0 Å². The maximum absolute atomic E-state index is 12.3. The molecule has 0 spiro atoms. The fourth-order valence-electron chi connectivity index (χ4n) is 4.83. The number of hydrogen-bond acceptors (Lipinski definition) is 7. The predicted molar refractivity (Wildman–Crippen MR) is 169 cm³/mol. The third-order valence-electron chi connectivity index (χ3n) is 7.38. The van der Waals surface area contributed by atoms with Gasteiger partial charge < -0.3 is 18.9 Å². The Morgan fingerprint density at radius 2 is 1.07 bits per heavy atom. The summed E-state index contributed by atoms with van der Waals surface area (Å²) in [5.41, 5.74) is 2.11. The van der Waals surface area contributed by atoms with Crippen LogP contribution in [0.15, 0.2) is 97.1 Å². The zero-order valence-corrected chi connectivity index (χ0v) is 25.2. The molecule has 1 aliphatic rings. The summed E-state index contributed by atoms with van der Waals surface area (Å²) in [5, 5.41) is 0. The van der Waals surface area contributed by atoms with Gasteiger partial charge in [0.2, 0.25) is 0 Å². The van der Waals surface area contributed by atoms with Crippen LogP contribution < -0.4 is 14.2 Å². The Morgan fingerprint density at radius 3 is 1.70 bits per heavy atom. The molecule has 3 aromatic rings. The Kier molecular flexibility index (Phi) is 12.8. The van der Waals surface area contributed by atoms with Gasteiger partial charge in [-0.05, 0) is 79.1 Å². The third-order valence-corrected chi connectivity index (χ3v) is 7.38. The molecule has 0 amide bonds. The summed E-state index contributed by atoms with van der Waals surface area (Å²) >= 11 is 0. The van der Waals surface area contributed by atoms with Gasteiger partial charge in [-0.2, -0.15) is 0 Å². The van der Waals surface area contributed by atoms with E-state index in [9.17, 15) is 14.4 Å². The van der Waals surface area contributed by atoms with Crippen LogP contribution in [-0.2, 0) is 9.53 Å². The van der Waals surface area contributed by atoms with E-state index in [2.05, 4.69) is 12.2 Å². The second kappa shape index (κ2) is 17.5. The number of benzene rings is 3. The number of hydrogen-bond donors (Lipinski definition) is 0. The Balaban J connectivity index is 0.986. The molecule has 4 rings (SSSR count). The molecule has 7 nitrogen and oxygen atoms in total. The number of carbonyl (C=O) groups excluding carboxylic acids is 3. The van der Waals surface area contributed by atoms with E-state index in [0.29, 0.717) is 47.3 Å². The van der Waals surface area contributed by atoms with Crippen molar-refractivity contribution in [1.29, 1.82) is 0 Å². The summed E-state index contributed by atoms with van der Waals surface area (Å²) in [4.78, 5) is 36.8. The third kappa shape index (κ3) is 10.6. The monoisotopic (exact) mass is 596 g/mol. The van der Waals surface area contributed by atoms with E-state index in [-0.39, 0.29) is 11.9 Å². The molecule has 0 atom stereocenters. The average Bonchev–Trinajstić information content (AvgIpc) is 3.59. The van der Waals surface area contributed by atoms with Gasteiger partial charge in [0.25, 0.3) is 0 Å². The van der Waals surface area contributed by atoms with Crippen molar-refractivity contribution in [2.75, 3.05) is 13.7 Å². The summed E-state index contributed by atoms with van der Waals surface area (Å²) in [5.74, 6) is 0.727. The van der Waals surface area contributed by atoms with Crippen LogP contribution in [0, 0.1) is 0 Å². The van der Waals surface area contributed by atoms with E-state index < -0.39 is 5.97 Å². The Labute approximate surface area is 259 Å². The van der Waals surface area contributed by atoms with Crippen LogP contribution in [-0.4, -0.2) is 31.6 Å². The number of methoxy groups -OCH3 is 1. The van der Waals surface area contributed by atoms with Crippen molar-refractivity contribution >= 4 is 17.9 Å². The van der Waals surface area contributed by atoms with Gasteiger partial charge in [-0.25, -0.2) is 9.59 Å². The van der Waals surface area contributed by atoms with E-state index in [1.807, 2.05) is 36.4 Å². The molecule has 0 bridgehead atoms. The lowest BCUT2D eigenvalue weighted by Gasteiger charge is -2.08. The minimum Gasteiger partial charge on any atom is -0.497 e. The summed E-state index contributed by atoms with van der Waals surface area (Å²) < 4.78 is 21.3. The first-order chi connectivity index (χ1) is 21.5. The van der Waals surface area contributed by atoms with Crippen LogP contribution in [0.1, 0.15) is 90.0 Å². The maximum atomic E-state index is 12.3. The summed E-state index contributed by atoms with van der Waals surface area (Å²) in [7, 11) is 1.57. The van der Waals surface area contributed by atoms with Gasteiger partial charge in [0, 0.05) is 12.3 Å². The molecule has 0 saturated heterocycles. The van der Waals surface area contributed by atoms with E-state index in [4.69, 9.17) is 18.9 Å². The number of allylic oxidation sites excluding steroid dienone is 4. The Hall–Kier alpha value is -4.65. The fraction of sp³-hybridized carbons (Fsp3) is 0.324. The zero-order valence-electron chi connectivity index (χ0n) is 25.2. The molecule has 0 saturated carbocycles. The number of carbonyl (C=O) groups is 3. The molecule has 0 radical (unpaired) electrons.